The first-order chi connectivity index (χ1) is 8.81. The van der Waals surface area contributed by atoms with Crippen LogP contribution >= 0.6 is 11.8 Å². The lowest BCUT2D eigenvalue weighted by Gasteiger charge is -2.27. The van der Waals surface area contributed by atoms with Gasteiger partial charge in [0.05, 0.1) is 0 Å². The Bertz CT molecular complexity index is 283. The minimum atomic E-state index is 0.437. The van der Waals surface area contributed by atoms with Crippen LogP contribution in [0, 0.1) is 11.8 Å². The van der Waals surface area contributed by atoms with Gasteiger partial charge in [-0.25, -0.2) is 0 Å². The summed E-state index contributed by atoms with van der Waals surface area (Å²) < 4.78 is 0. The summed E-state index contributed by atoms with van der Waals surface area (Å²) in [5.41, 5.74) is 0. The van der Waals surface area contributed by atoms with Gasteiger partial charge in [-0.1, -0.05) is 32.1 Å². The molecule has 2 heterocycles. The molecule has 1 saturated carbocycles. The molecule has 1 aliphatic carbocycles. The van der Waals surface area contributed by atoms with Crippen LogP contribution in [-0.2, 0) is 4.79 Å². The van der Waals surface area contributed by atoms with Gasteiger partial charge in [-0.2, -0.15) is 11.8 Å². The van der Waals surface area contributed by atoms with Crippen LogP contribution in [0.5, 0.6) is 0 Å². The van der Waals surface area contributed by atoms with Crippen molar-refractivity contribution in [2.45, 2.75) is 81.1 Å². The van der Waals surface area contributed by atoms with Crippen molar-refractivity contribution in [3.05, 3.63) is 0 Å². The van der Waals surface area contributed by atoms with Crippen LogP contribution < -0.4 is 0 Å². The molecule has 0 N–H and O–H groups in total. The van der Waals surface area contributed by atoms with Crippen molar-refractivity contribution < 1.29 is 4.79 Å². The van der Waals surface area contributed by atoms with Crippen LogP contribution in [0.25, 0.3) is 0 Å². The second-order valence-electron chi connectivity index (χ2n) is 6.63. The number of rotatable bonds is 4. The van der Waals surface area contributed by atoms with Gasteiger partial charge in [0.25, 0.3) is 0 Å². The van der Waals surface area contributed by atoms with E-state index < -0.39 is 0 Å². The molecule has 18 heavy (non-hydrogen) atoms. The van der Waals surface area contributed by atoms with Crippen LogP contribution in [-0.4, -0.2) is 16.3 Å². The lowest BCUT2D eigenvalue weighted by atomic mass is 9.83. The maximum absolute atomic E-state index is 12.4. The Labute approximate surface area is 115 Å². The molecular weight excluding hydrogens is 240 g/mol. The maximum Gasteiger partial charge on any atom is 0.136 e. The number of fused-ring (bicyclic) bond motifs is 2. The van der Waals surface area contributed by atoms with E-state index in [4.69, 9.17) is 0 Å². The first kappa shape index (κ1) is 13.0. The van der Waals surface area contributed by atoms with E-state index in [-0.39, 0.29) is 0 Å². The van der Waals surface area contributed by atoms with Crippen molar-refractivity contribution >= 4 is 17.5 Å². The second kappa shape index (κ2) is 5.98. The van der Waals surface area contributed by atoms with Gasteiger partial charge in [-0.3, -0.25) is 4.79 Å². The fourth-order valence-corrected chi connectivity index (χ4v) is 5.92. The molecule has 0 aromatic heterocycles. The number of ketones is 1. The molecule has 1 nitrogen and oxygen atoms in total. The highest BCUT2D eigenvalue weighted by Gasteiger charge is 2.37. The number of carbonyl (C=O) groups is 1. The van der Waals surface area contributed by atoms with Gasteiger partial charge in [0.2, 0.25) is 0 Å². The Morgan fingerprint density at radius 2 is 1.61 bits per heavy atom. The molecule has 3 fully saturated rings. The van der Waals surface area contributed by atoms with E-state index in [1.807, 2.05) is 0 Å². The van der Waals surface area contributed by atoms with Gasteiger partial charge in [-0.05, 0) is 38.0 Å². The van der Waals surface area contributed by atoms with Crippen LogP contribution in [0.15, 0.2) is 0 Å². The molecule has 0 spiro atoms. The van der Waals surface area contributed by atoms with Crippen molar-refractivity contribution in [2.75, 3.05) is 0 Å². The molecule has 2 heteroatoms. The molecule has 102 valence electrons. The van der Waals surface area contributed by atoms with E-state index in [0.717, 1.165) is 22.8 Å². The summed E-state index contributed by atoms with van der Waals surface area (Å²) in [6, 6.07) is 0. The van der Waals surface area contributed by atoms with E-state index in [1.165, 1.54) is 64.2 Å². The lowest BCUT2D eigenvalue weighted by molar-refractivity contribution is -0.123. The molecule has 0 radical (unpaired) electrons. The Morgan fingerprint density at radius 1 is 0.944 bits per heavy atom. The summed E-state index contributed by atoms with van der Waals surface area (Å²) in [4.78, 5) is 12.4. The van der Waals surface area contributed by atoms with Crippen molar-refractivity contribution in [1.29, 1.82) is 0 Å². The molecular formula is C16H26OS. The maximum atomic E-state index is 12.4. The molecule has 2 saturated heterocycles. The molecule has 3 rings (SSSR count). The Morgan fingerprint density at radius 3 is 2.28 bits per heavy atom. The summed E-state index contributed by atoms with van der Waals surface area (Å²) in [6.45, 7) is 0. The summed E-state index contributed by atoms with van der Waals surface area (Å²) in [5.74, 6) is 1.92. The van der Waals surface area contributed by atoms with Gasteiger partial charge in [0, 0.05) is 22.8 Å². The van der Waals surface area contributed by atoms with Gasteiger partial charge >= 0.3 is 0 Å². The predicted octanol–water partition coefficient (Wildman–Crippen LogP) is 4.59. The Kier molecular flexibility index (Phi) is 4.33. The van der Waals surface area contributed by atoms with Gasteiger partial charge in [-0.15, -0.1) is 0 Å². The van der Waals surface area contributed by atoms with Crippen molar-refractivity contribution in [1.82, 2.24) is 0 Å². The molecule has 3 aliphatic rings. The molecule has 2 atom stereocenters. The Balaban J connectivity index is 1.43. The normalized spacial score (nSPS) is 36.8. The van der Waals surface area contributed by atoms with Crippen molar-refractivity contribution in [3.8, 4) is 0 Å². The predicted molar refractivity (Wildman–Crippen MR) is 77.9 cm³/mol. The smallest absolute Gasteiger partial charge is 0.136 e. The SMILES string of the molecule is O=C(CCC1CCCCC1)C1CC2CCC(C1)S2. The number of carbonyl (C=O) groups excluding carboxylic acids is 1. The zero-order chi connectivity index (χ0) is 12.4. The molecule has 2 bridgehead atoms. The summed E-state index contributed by atoms with van der Waals surface area (Å²) in [7, 11) is 0. The molecule has 2 aliphatic heterocycles. The highest BCUT2D eigenvalue weighted by atomic mass is 32.2. The minimum absolute atomic E-state index is 0.437. The zero-order valence-electron chi connectivity index (χ0n) is 11.4. The van der Waals surface area contributed by atoms with E-state index in [2.05, 4.69) is 11.8 Å². The highest BCUT2D eigenvalue weighted by molar-refractivity contribution is 8.00. The van der Waals surface area contributed by atoms with Gasteiger partial charge in [0.15, 0.2) is 0 Å². The highest BCUT2D eigenvalue weighted by Crippen LogP contribution is 2.46. The molecule has 0 aromatic rings. The largest absolute Gasteiger partial charge is 0.299 e. The number of hydrogen-bond acceptors (Lipinski definition) is 2. The molecule has 2 unspecified atom stereocenters. The van der Waals surface area contributed by atoms with E-state index in [9.17, 15) is 4.79 Å². The van der Waals surface area contributed by atoms with Crippen LogP contribution in [0.2, 0.25) is 0 Å². The lowest BCUT2D eigenvalue weighted by Crippen LogP contribution is -2.25. The minimum Gasteiger partial charge on any atom is -0.299 e. The number of thioether (sulfide) groups is 1. The average Bonchev–Trinajstić information content (AvgIpc) is 2.76. The first-order valence-electron chi connectivity index (χ1n) is 7.99. The van der Waals surface area contributed by atoms with Crippen molar-refractivity contribution in [2.24, 2.45) is 11.8 Å². The molecule has 0 aromatic carbocycles. The summed E-state index contributed by atoms with van der Waals surface area (Å²) >= 11 is 2.17. The molecule has 0 amide bonds. The third kappa shape index (κ3) is 3.12. The topological polar surface area (TPSA) is 17.1 Å². The van der Waals surface area contributed by atoms with Crippen LogP contribution in [0.4, 0.5) is 0 Å². The fraction of sp³-hybridized carbons (Fsp3) is 0.938. The quantitative estimate of drug-likeness (QED) is 0.740. The van der Waals surface area contributed by atoms with Crippen LogP contribution in [0.1, 0.15) is 70.6 Å². The summed E-state index contributed by atoms with van der Waals surface area (Å²) in [6.07, 6.45) is 14.2. The Hall–Kier alpha value is 0.0200. The van der Waals surface area contributed by atoms with E-state index in [1.54, 1.807) is 0 Å². The third-order valence-corrected chi connectivity index (χ3v) is 6.90. The zero-order valence-corrected chi connectivity index (χ0v) is 12.2. The third-order valence-electron chi connectivity index (χ3n) is 5.27. The second-order valence-corrected chi connectivity index (χ2v) is 8.24. The van der Waals surface area contributed by atoms with Gasteiger partial charge < -0.3 is 0 Å². The number of Topliss-reactive ketones (excluding diaryl/α,β-unsaturated/α-hetero) is 1. The summed E-state index contributed by atoms with van der Waals surface area (Å²) in [5, 5.41) is 1.65. The number of hydrogen-bond donors (Lipinski definition) is 0. The van der Waals surface area contributed by atoms with Gasteiger partial charge in [0.1, 0.15) is 5.78 Å². The van der Waals surface area contributed by atoms with E-state index in [0.29, 0.717) is 11.7 Å². The first-order valence-corrected chi connectivity index (χ1v) is 8.93. The monoisotopic (exact) mass is 266 g/mol. The van der Waals surface area contributed by atoms with Crippen molar-refractivity contribution in [3.63, 3.8) is 0 Å². The standard InChI is InChI=1S/C16H26OS/c17-16(9-6-12-4-2-1-3-5-12)13-10-14-7-8-15(11-13)18-14/h12-15H,1-11H2. The van der Waals surface area contributed by atoms with Crippen LogP contribution in [0.3, 0.4) is 0 Å². The average molecular weight is 266 g/mol. The van der Waals surface area contributed by atoms with E-state index >= 15 is 0 Å². The fourth-order valence-electron chi connectivity index (χ4n) is 4.15.